The number of nitrogens with zero attached hydrogens (tertiary/aromatic N) is 1. The van der Waals surface area contributed by atoms with Crippen molar-refractivity contribution < 1.29 is 9.47 Å². The maximum absolute atomic E-state index is 5.77. The van der Waals surface area contributed by atoms with Crippen molar-refractivity contribution >= 4 is 0 Å². The Labute approximate surface area is 93.7 Å². The Balaban J connectivity index is 4.21. The average Bonchev–Trinajstić information content (AvgIpc) is 2.29. The molecule has 2 N–H and O–H groups in total. The predicted octanol–water partition coefficient (Wildman–Crippen LogP) is 1.05. The number of likely N-dealkylation sites (N-methyl/N-ethyl adjacent to an activating group) is 1. The van der Waals surface area contributed by atoms with E-state index in [9.17, 15) is 0 Å². The van der Waals surface area contributed by atoms with Crippen molar-refractivity contribution in [2.75, 3.05) is 27.8 Å². The van der Waals surface area contributed by atoms with Crippen molar-refractivity contribution in [3.63, 3.8) is 0 Å². The van der Waals surface area contributed by atoms with Gasteiger partial charge in [0.15, 0.2) is 6.29 Å². The number of rotatable bonds is 8. The summed E-state index contributed by atoms with van der Waals surface area (Å²) >= 11 is 0. The molecule has 0 aromatic carbocycles. The lowest BCUT2D eigenvalue weighted by atomic mass is 10.1. The van der Waals surface area contributed by atoms with Crippen molar-refractivity contribution in [1.29, 1.82) is 0 Å². The molecule has 0 aromatic rings. The van der Waals surface area contributed by atoms with E-state index in [0.29, 0.717) is 18.6 Å². The standard InChI is InChI=1S/C11H26N2O2/c1-6-9(2)13(3)10(8-12)7-11(14-4)15-5/h9-11H,6-8,12H2,1-5H3. The maximum atomic E-state index is 5.77. The Kier molecular flexibility index (Phi) is 7.96. The van der Waals surface area contributed by atoms with Gasteiger partial charge in [-0.1, -0.05) is 6.92 Å². The smallest absolute Gasteiger partial charge is 0.158 e. The number of ether oxygens (including phenoxy) is 2. The van der Waals surface area contributed by atoms with E-state index in [1.165, 1.54) is 0 Å². The van der Waals surface area contributed by atoms with Gasteiger partial charge in [-0.25, -0.2) is 0 Å². The Morgan fingerprint density at radius 3 is 2.13 bits per heavy atom. The number of hydrogen-bond donors (Lipinski definition) is 1. The molecule has 92 valence electrons. The van der Waals surface area contributed by atoms with Gasteiger partial charge in [0.1, 0.15) is 0 Å². The van der Waals surface area contributed by atoms with Crippen LogP contribution in [-0.4, -0.2) is 51.1 Å². The second kappa shape index (κ2) is 8.05. The fourth-order valence-corrected chi connectivity index (χ4v) is 1.59. The highest BCUT2D eigenvalue weighted by molar-refractivity contribution is 4.75. The highest BCUT2D eigenvalue weighted by Gasteiger charge is 2.21. The van der Waals surface area contributed by atoms with Gasteiger partial charge in [0.25, 0.3) is 0 Å². The molecule has 0 fully saturated rings. The van der Waals surface area contributed by atoms with Gasteiger partial charge in [0, 0.05) is 39.3 Å². The van der Waals surface area contributed by atoms with Gasteiger partial charge >= 0.3 is 0 Å². The van der Waals surface area contributed by atoms with E-state index in [1.807, 2.05) is 0 Å². The van der Waals surface area contributed by atoms with E-state index in [1.54, 1.807) is 14.2 Å². The Morgan fingerprint density at radius 2 is 1.80 bits per heavy atom. The zero-order chi connectivity index (χ0) is 11.8. The third-order valence-electron chi connectivity index (χ3n) is 3.12. The first-order chi connectivity index (χ1) is 7.10. The average molecular weight is 218 g/mol. The predicted molar refractivity (Wildman–Crippen MR) is 62.8 cm³/mol. The summed E-state index contributed by atoms with van der Waals surface area (Å²) in [5, 5.41) is 0. The van der Waals surface area contributed by atoms with Crippen LogP contribution in [0.15, 0.2) is 0 Å². The second-order valence-corrected chi connectivity index (χ2v) is 3.95. The molecule has 4 nitrogen and oxygen atoms in total. The molecule has 2 atom stereocenters. The van der Waals surface area contributed by atoms with Crippen LogP contribution in [0.5, 0.6) is 0 Å². The summed E-state index contributed by atoms with van der Waals surface area (Å²) < 4.78 is 10.4. The van der Waals surface area contributed by atoms with Gasteiger partial charge in [0.05, 0.1) is 0 Å². The summed E-state index contributed by atoms with van der Waals surface area (Å²) in [6.45, 7) is 5.01. The molecule has 2 unspecified atom stereocenters. The molecule has 0 amide bonds. The molecule has 0 aromatic heterocycles. The highest BCUT2D eigenvalue weighted by Crippen LogP contribution is 2.12. The molecule has 0 rings (SSSR count). The Morgan fingerprint density at radius 1 is 1.27 bits per heavy atom. The van der Waals surface area contributed by atoms with E-state index in [-0.39, 0.29) is 6.29 Å². The lowest BCUT2D eigenvalue weighted by molar-refractivity contribution is -0.117. The Hall–Kier alpha value is -0.160. The van der Waals surface area contributed by atoms with E-state index >= 15 is 0 Å². The Bertz CT molecular complexity index is 152. The molecular formula is C11H26N2O2. The van der Waals surface area contributed by atoms with Gasteiger partial charge in [-0.05, 0) is 20.4 Å². The first-order valence-electron chi connectivity index (χ1n) is 5.58. The van der Waals surface area contributed by atoms with Crippen molar-refractivity contribution in [3.8, 4) is 0 Å². The van der Waals surface area contributed by atoms with Crippen LogP contribution in [0.3, 0.4) is 0 Å². The summed E-state index contributed by atoms with van der Waals surface area (Å²) in [5.74, 6) is 0. The fourth-order valence-electron chi connectivity index (χ4n) is 1.59. The largest absolute Gasteiger partial charge is 0.356 e. The molecule has 0 radical (unpaired) electrons. The van der Waals surface area contributed by atoms with Crippen LogP contribution in [0, 0.1) is 0 Å². The zero-order valence-corrected chi connectivity index (χ0v) is 10.7. The zero-order valence-electron chi connectivity index (χ0n) is 10.7. The molecule has 0 spiro atoms. The molecular weight excluding hydrogens is 192 g/mol. The van der Waals surface area contributed by atoms with E-state index in [4.69, 9.17) is 15.2 Å². The number of nitrogens with two attached hydrogens (primary N) is 1. The molecule has 15 heavy (non-hydrogen) atoms. The monoisotopic (exact) mass is 218 g/mol. The highest BCUT2D eigenvalue weighted by atomic mass is 16.7. The number of methoxy groups -OCH3 is 2. The maximum Gasteiger partial charge on any atom is 0.158 e. The van der Waals surface area contributed by atoms with Crippen LogP contribution in [0.1, 0.15) is 26.7 Å². The van der Waals surface area contributed by atoms with Crippen molar-refractivity contribution in [3.05, 3.63) is 0 Å². The quantitative estimate of drug-likeness (QED) is 0.619. The van der Waals surface area contributed by atoms with E-state index in [0.717, 1.165) is 12.8 Å². The lowest BCUT2D eigenvalue weighted by Gasteiger charge is -2.33. The van der Waals surface area contributed by atoms with Crippen molar-refractivity contribution in [2.24, 2.45) is 5.73 Å². The van der Waals surface area contributed by atoms with Crippen LogP contribution in [0.4, 0.5) is 0 Å². The fraction of sp³-hybridized carbons (Fsp3) is 1.00. The SMILES string of the molecule is CCC(C)N(C)C(CN)CC(OC)OC. The minimum absolute atomic E-state index is 0.162. The lowest BCUT2D eigenvalue weighted by Crippen LogP contribution is -2.45. The van der Waals surface area contributed by atoms with Crippen LogP contribution in [0.25, 0.3) is 0 Å². The van der Waals surface area contributed by atoms with Crippen LogP contribution >= 0.6 is 0 Å². The van der Waals surface area contributed by atoms with Gasteiger partial charge in [0.2, 0.25) is 0 Å². The minimum Gasteiger partial charge on any atom is -0.356 e. The summed E-state index contributed by atoms with van der Waals surface area (Å²) in [4.78, 5) is 2.30. The van der Waals surface area contributed by atoms with Gasteiger partial charge in [-0.3, -0.25) is 4.90 Å². The second-order valence-electron chi connectivity index (χ2n) is 3.95. The van der Waals surface area contributed by atoms with Crippen molar-refractivity contribution in [2.45, 2.75) is 45.1 Å². The number of hydrogen-bond acceptors (Lipinski definition) is 4. The van der Waals surface area contributed by atoms with Crippen LogP contribution in [0.2, 0.25) is 0 Å². The summed E-state index contributed by atoms with van der Waals surface area (Å²) in [6.07, 6.45) is 1.77. The van der Waals surface area contributed by atoms with E-state index in [2.05, 4.69) is 25.8 Å². The third-order valence-corrected chi connectivity index (χ3v) is 3.12. The molecule has 0 saturated heterocycles. The van der Waals surface area contributed by atoms with Crippen LogP contribution in [-0.2, 0) is 9.47 Å². The first-order valence-corrected chi connectivity index (χ1v) is 5.58. The normalized spacial score (nSPS) is 16.0. The van der Waals surface area contributed by atoms with Gasteiger partial charge < -0.3 is 15.2 Å². The van der Waals surface area contributed by atoms with Crippen LogP contribution < -0.4 is 5.73 Å². The van der Waals surface area contributed by atoms with E-state index < -0.39 is 0 Å². The molecule has 0 aliphatic rings. The summed E-state index contributed by atoms with van der Waals surface area (Å²) in [7, 11) is 5.42. The third kappa shape index (κ3) is 4.93. The molecule has 0 aliphatic heterocycles. The summed E-state index contributed by atoms with van der Waals surface area (Å²) in [6, 6.07) is 0.845. The molecule has 0 bridgehead atoms. The van der Waals surface area contributed by atoms with Gasteiger partial charge in [-0.15, -0.1) is 0 Å². The van der Waals surface area contributed by atoms with Gasteiger partial charge in [-0.2, -0.15) is 0 Å². The van der Waals surface area contributed by atoms with Crippen molar-refractivity contribution in [1.82, 2.24) is 4.90 Å². The first kappa shape index (κ1) is 14.8. The minimum atomic E-state index is -0.162. The molecule has 0 heterocycles. The summed E-state index contributed by atoms with van der Waals surface area (Å²) in [5.41, 5.74) is 5.77. The molecule has 0 aliphatic carbocycles. The molecule has 0 saturated carbocycles. The molecule has 4 heteroatoms. The topological polar surface area (TPSA) is 47.7 Å².